The molecule has 9 heteroatoms. The molecule has 0 saturated carbocycles. The van der Waals surface area contributed by atoms with E-state index in [2.05, 4.69) is 10.3 Å². The van der Waals surface area contributed by atoms with Crippen molar-refractivity contribution in [3.63, 3.8) is 0 Å². The molecule has 29 heavy (non-hydrogen) atoms. The molecular weight excluding hydrogens is 394 g/mol. The number of hydrogen-bond donors (Lipinski definition) is 1. The number of esters is 2. The summed E-state index contributed by atoms with van der Waals surface area (Å²) in [6, 6.07) is 10.5. The lowest BCUT2D eigenvalue weighted by atomic mass is 10.1. The second-order valence-corrected chi connectivity index (χ2v) is 7.18. The maximum atomic E-state index is 12.5. The van der Waals surface area contributed by atoms with Gasteiger partial charge in [0, 0.05) is 18.5 Å². The molecule has 0 spiro atoms. The molecule has 2 aromatic carbocycles. The summed E-state index contributed by atoms with van der Waals surface area (Å²) in [5, 5.41) is 6.62. The molecule has 4 rings (SSSR count). The number of urea groups is 1. The lowest BCUT2D eigenvalue weighted by molar-refractivity contribution is -0.133. The van der Waals surface area contributed by atoms with E-state index in [0.717, 1.165) is 10.8 Å². The van der Waals surface area contributed by atoms with Gasteiger partial charge in [-0.05, 0) is 22.9 Å². The zero-order valence-electron chi connectivity index (χ0n) is 15.5. The van der Waals surface area contributed by atoms with Crippen molar-refractivity contribution >= 4 is 45.2 Å². The van der Waals surface area contributed by atoms with Crippen molar-refractivity contribution in [1.82, 2.24) is 10.3 Å². The number of carbonyl (C=O) groups is 3. The van der Waals surface area contributed by atoms with E-state index in [1.165, 1.54) is 23.3 Å². The van der Waals surface area contributed by atoms with Crippen molar-refractivity contribution in [2.45, 2.75) is 6.42 Å². The molecule has 8 nitrogen and oxygen atoms in total. The Morgan fingerprint density at radius 2 is 2.00 bits per heavy atom. The predicted molar refractivity (Wildman–Crippen MR) is 107 cm³/mol. The summed E-state index contributed by atoms with van der Waals surface area (Å²) >= 11 is 1.28. The first-order chi connectivity index (χ1) is 14.0. The molecule has 0 bridgehead atoms. The van der Waals surface area contributed by atoms with Crippen molar-refractivity contribution in [3.05, 3.63) is 53.0 Å². The Morgan fingerprint density at radius 1 is 1.24 bits per heavy atom. The molecule has 1 saturated heterocycles. The highest BCUT2D eigenvalue weighted by atomic mass is 32.1. The summed E-state index contributed by atoms with van der Waals surface area (Å²) in [5.74, 6) is -1.02. The Kier molecular flexibility index (Phi) is 5.13. The van der Waals surface area contributed by atoms with Crippen LogP contribution in [0.5, 0.6) is 5.75 Å². The maximum absolute atomic E-state index is 12.5. The van der Waals surface area contributed by atoms with E-state index in [1.807, 2.05) is 24.3 Å². The Labute approximate surface area is 170 Å². The summed E-state index contributed by atoms with van der Waals surface area (Å²) in [4.78, 5) is 42.2. The highest BCUT2D eigenvalue weighted by Crippen LogP contribution is 2.28. The van der Waals surface area contributed by atoms with Gasteiger partial charge in [-0.25, -0.2) is 14.6 Å². The van der Waals surface area contributed by atoms with Gasteiger partial charge in [-0.2, -0.15) is 0 Å². The zero-order valence-corrected chi connectivity index (χ0v) is 16.3. The minimum absolute atomic E-state index is 0.0839. The SMILES string of the molecule is COC(=O)c1cc2ccccc2cc1OC(=O)Cc1csc(N2CCNC2=O)n1. The van der Waals surface area contributed by atoms with Crippen LogP contribution in [0, 0.1) is 0 Å². The standard InChI is InChI=1S/C20H17N3O5S/c1-27-18(25)15-8-12-4-2-3-5-13(12)9-16(15)28-17(24)10-14-11-29-20(22-14)23-7-6-21-19(23)26/h2-5,8-9,11H,6-7,10H2,1H3,(H,21,26). The first-order valence-electron chi connectivity index (χ1n) is 8.86. The third-order valence-electron chi connectivity index (χ3n) is 4.43. The zero-order chi connectivity index (χ0) is 20.4. The van der Waals surface area contributed by atoms with E-state index in [-0.39, 0.29) is 23.8 Å². The largest absolute Gasteiger partial charge is 0.465 e. The monoisotopic (exact) mass is 411 g/mol. The number of amides is 2. The van der Waals surface area contributed by atoms with Crippen LogP contribution in [0.15, 0.2) is 41.8 Å². The first-order valence-corrected chi connectivity index (χ1v) is 9.74. The van der Waals surface area contributed by atoms with Gasteiger partial charge in [0.1, 0.15) is 11.3 Å². The van der Waals surface area contributed by atoms with E-state index >= 15 is 0 Å². The van der Waals surface area contributed by atoms with Gasteiger partial charge in [-0.3, -0.25) is 9.69 Å². The van der Waals surface area contributed by atoms with E-state index < -0.39 is 11.9 Å². The summed E-state index contributed by atoms with van der Waals surface area (Å²) in [6.07, 6.45) is -0.0839. The average Bonchev–Trinajstić information content (AvgIpc) is 3.35. The van der Waals surface area contributed by atoms with Crippen LogP contribution in [0.1, 0.15) is 16.1 Å². The summed E-state index contributed by atoms with van der Waals surface area (Å²) in [6.45, 7) is 1.10. The van der Waals surface area contributed by atoms with Crippen molar-refractivity contribution in [3.8, 4) is 5.75 Å². The fraction of sp³-hybridized carbons (Fsp3) is 0.200. The number of benzene rings is 2. The maximum Gasteiger partial charge on any atom is 0.341 e. The van der Waals surface area contributed by atoms with Gasteiger partial charge in [0.15, 0.2) is 5.13 Å². The molecule has 1 aliphatic rings. The molecule has 1 aromatic heterocycles. The van der Waals surface area contributed by atoms with Crippen LogP contribution in [-0.2, 0) is 16.0 Å². The van der Waals surface area contributed by atoms with Gasteiger partial charge in [-0.1, -0.05) is 24.3 Å². The lowest BCUT2D eigenvalue weighted by Crippen LogP contribution is -2.27. The van der Waals surface area contributed by atoms with Crippen LogP contribution in [0.4, 0.5) is 9.93 Å². The number of carbonyl (C=O) groups excluding carboxylic acids is 3. The van der Waals surface area contributed by atoms with Crippen LogP contribution in [0.3, 0.4) is 0 Å². The van der Waals surface area contributed by atoms with Crippen LogP contribution in [0.25, 0.3) is 10.8 Å². The normalized spacial score (nSPS) is 13.4. The predicted octanol–water partition coefficient (Wildman–Crippen LogP) is 2.76. The number of thiazole rings is 1. The van der Waals surface area contributed by atoms with Gasteiger partial charge in [-0.15, -0.1) is 11.3 Å². The molecule has 3 aromatic rings. The molecule has 1 fully saturated rings. The Hall–Kier alpha value is -3.46. The highest BCUT2D eigenvalue weighted by Gasteiger charge is 2.24. The van der Waals surface area contributed by atoms with Crippen LogP contribution >= 0.6 is 11.3 Å². The number of nitrogens with one attached hydrogen (secondary N) is 1. The van der Waals surface area contributed by atoms with Gasteiger partial charge >= 0.3 is 18.0 Å². The minimum Gasteiger partial charge on any atom is -0.465 e. The summed E-state index contributed by atoms with van der Waals surface area (Å²) in [5.41, 5.74) is 0.669. The molecule has 0 unspecified atom stereocenters. The smallest absolute Gasteiger partial charge is 0.341 e. The molecule has 1 aliphatic heterocycles. The molecule has 0 atom stereocenters. The Balaban J connectivity index is 1.53. The molecule has 2 amide bonds. The second-order valence-electron chi connectivity index (χ2n) is 6.34. The molecular formula is C20H17N3O5S. The van der Waals surface area contributed by atoms with E-state index in [0.29, 0.717) is 23.9 Å². The fourth-order valence-electron chi connectivity index (χ4n) is 3.04. The highest BCUT2D eigenvalue weighted by molar-refractivity contribution is 7.14. The number of hydrogen-bond acceptors (Lipinski definition) is 7. The average molecular weight is 411 g/mol. The van der Waals surface area contributed by atoms with E-state index in [4.69, 9.17) is 9.47 Å². The van der Waals surface area contributed by atoms with Gasteiger partial charge in [0.25, 0.3) is 0 Å². The molecule has 2 heterocycles. The number of ether oxygens (including phenoxy) is 2. The third kappa shape index (κ3) is 3.90. The van der Waals surface area contributed by atoms with Crippen molar-refractivity contribution in [1.29, 1.82) is 0 Å². The molecule has 1 N–H and O–H groups in total. The van der Waals surface area contributed by atoms with Crippen LogP contribution < -0.4 is 15.0 Å². The van der Waals surface area contributed by atoms with Crippen molar-refractivity contribution < 1.29 is 23.9 Å². The quantitative estimate of drug-likeness (QED) is 0.512. The minimum atomic E-state index is -0.588. The number of fused-ring (bicyclic) bond motifs is 1. The lowest BCUT2D eigenvalue weighted by Gasteiger charge is -2.10. The van der Waals surface area contributed by atoms with Gasteiger partial charge in [0.2, 0.25) is 0 Å². The number of aromatic nitrogens is 1. The summed E-state index contributed by atoms with van der Waals surface area (Å²) < 4.78 is 10.3. The molecule has 0 radical (unpaired) electrons. The van der Waals surface area contributed by atoms with E-state index in [1.54, 1.807) is 17.5 Å². The van der Waals surface area contributed by atoms with Gasteiger partial charge in [0.05, 0.1) is 19.2 Å². The third-order valence-corrected chi connectivity index (χ3v) is 5.34. The fourth-order valence-corrected chi connectivity index (χ4v) is 3.88. The topological polar surface area (TPSA) is 97.8 Å². The molecule has 0 aliphatic carbocycles. The Morgan fingerprint density at radius 3 is 2.69 bits per heavy atom. The van der Waals surface area contributed by atoms with Crippen LogP contribution in [0.2, 0.25) is 0 Å². The van der Waals surface area contributed by atoms with Gasteiger partial charge < -0.3 is 14.8 Å². The van der Waals surface area contributed by atoms with Crippen LogP contribution in [-0.4, -0.2) is 43.2 Å². The Bertz CT molecular complexity index is 1110. The summed E-state index contributed by atoms with van der Waals surface area (Å²) in [7, 11) is 1.27. The first kappa shape index (κ1) is 18.9. The number of methoxy groups -OCH3 is 1. The van der Waals surface area contributed by atoms with Crippen molar-refractivity contribution in [2.24, 2.45) is 0 Å². The number of rotatable bonds is 5. The van der Waals surface area contributed by atoms with E-state index in [9.17, 15) is 14.4 Å². The second kappa shape index (κ2) is 7.88. The van der Waals surface area contributed by atoms with Crippen molar-refractivity contribution in [2.75, 3.05) is 25.1 Å². The number of anilines is 1. The molecule has 148 valence electrons. The number of nitrogens with zero attached hydrogens (tertiary/aromatic N) is 2.